The fraction of sp³-hybridized carbons (Fsp3) is 0.286. The molecule has 0 spiro atoms. The number of nitrogens with one attached hydrogen (secondary N) is 1. The molecule has 0 unspecified atom stereocenters. The Bertz CT molecular complexity index is 789. The van der Waals surface area contributed by atoms with Crippen molar-refractivity contribution in [3.8, 4) is 5.75 Å². The van der Waals surface area contributed by atoms with Crippen LogP contribution in [0.4, 0.5) is 5.69 Å². The molecule has 0 saturated carbocycles. The van der Waals surface area contributed by atoms with E-state index in [1.54, 1.807) is 24.3 Å². The predicted octanol–water partition coefficient (Wildman–Crippen LogP) is 3.36. The van der Waals surface area contributed by atoms with Gasteiger partial charge in [-0.3, -0.25) is 9.59 Å². The third-order valence-corrected chi connectivity index (χ3v) is 3.77. The van der Waals surface area contributed by atoms with E-state index in [-0.39, 0.29) is 12.0 Å². The second kappa shape index (κ2) is 8.98. The minimum Gasteiger partial charge on any atom is -0.482 e. The molecule has 0 heterocycles. The molecule has 0 aliphatic carbocycles. The van der Waals surface area contributed by atoms with Gasteiger partial charge in [0, 0.05) is 11.3 Å². The van der Waals surface area contributed by atoms with Crippen molar-refractivity contribution in [2.24, 2.45) is 0 Å². The van der Waals surface area contributed by atoms with Gasteiger partial charge in [-0.25, -0.2) is 4.79 Å². The van der Waals surface area contributed by atoms with Crippen molar-refractivity contribution in [1.82, 2.24) is 0 Å². The molecule has 6 heteroatoms. The first-order valence-electron chi connectivity index (χ1n) is 8.52. The summed E-state index contributed by atoms with van der Waals surface area (Å²) in [4.78, 5) is 34.1. The molecular formula is C21H23NO5. The second-order valence-electron chi connectivity index (χ2n) is 7.01. The van der Waals surface area contributed by atoms with E-state index < -0.39 is 18.5 Å². The van der Waals surface area contributed by atoms with Gasteiger partial charge < -0.3 is 14.8 Å². The van der Waals surface area contributed by atoms with Crippen LogP contribution < -0.4 is 10.1 Å². The van der Waals surface area contributed by atoms with Gasteiger partial charge in [0.15, 0.2) is 13.2 Å². The first-order valence-corrected chi connectivity index (χ1v) is 8.52. The highest BCUT2D eigenvalue weighted by molar-refractivity contribution is 5.92. The molecule has 0 aliphatic heterocycles. The van der Waals surface area contributed by atoms with Gasteiger partial charge in [0.25, 0.3) is 5.91 Å². The summed E-state index contributed by atoms with van der Waals surface area (Å²) in [5.74, 6) is -0.657. The highest BCUT2D eigenvalue weighted by atomic mass is 16.6. The summed E-state index contributed by atoms with van der Waals surface area (Å²) in [5, 5.41) is 2.67. The smallest absolute Gasteiger partial charge is 0.344 e. The Hall–Kier alpha value is -3.15. The van der Waals surface area contributed by atoms with Crippen LogP contribution >= 0.6 is 0 Å². The van der Waals surface area contributed by atoms with Crippen LogP contribution in [0.2, 0.25) is 0 Å². The van der Waals surface area contributed by atoms with Crippen LogP contribution in [0.5, 0.6) is 5.75 Å². The van der Waals surface area contributed by atoms with Crippen LogP contribution in [0.1, 0.15) is 36.7 Å². The Morgan fingerprint density at radius 1 is 0.963 bits per heavy atom. The van der Waals surface area contributed by atoms with Crippen molar-refractivity contribution in [3.05, 3.63) is 59.7 Å². The number of benzene rings is 2. The number of carbonyl (C=O) groups is 3. The van der Waals surface area contributed by atoms with Crippen molar-refractivity contribution in [1.29, 1.82) is 0 Å². The number of ether oxygens (including phenoxy) is 2. The van der Waals surface area contributed by atoms with Gasteiger partial charge in [-0.1, -0.05) is 32.9 Å². The van der Waals surface area contributed by atoms with Crippen molar-refractivity contribution in [2.75, 3.05) is 18.5 Å². The molecular weight excluding hydrogens is 346 g/mol. The van der Waals surface area contributed by atoms with Crippen LogP contribution in [-0.2, 0) is 19.7 Å². The minimum atomic E-state index is -0.660. The fourth-order valence-electron chi connectivity index (χ4n) is 2.22. The fourth-order valence-corrected chi connectivity index (χ4v) is 2.22. The molecule has 2 aromatic rings. The number of anilines is 1. The zero-order chi connectivity index (χ0) is 19.9. The summed E-state index contributed by atoms with van der Waals surface area (Å²) < 4.78 is 10.1. The second-order valence-corrected chi connectivity index (χ2v) is 7.01. The lowest BCUT2D eigenvalue weighted by Crippen LogP contribution is -2.23. The maximum Gasteiger partial charge on any atom is 0.344 e. The standard InChI is InChI=1S/C21H23NO5/c1-21(2,3)16-6-8-17(9-7-16)22-19(24)13-27-20(25)14-26-18-10-4-15(12-23)5-11-18/h4-12H,13-14H2,1-3H3,(H,22,24). The van der Waals surface area contributed by atoms with E-state index in [1.807, 2.05) is 24.3 Å². The molecule has 0 saturated heterocycles. The lowest BCUT2D eigenvalue weighted by Gasteiger charge is -2.19. The van der Waals surface area contributed by atoms with Gasteiger partial charge in [-0.2, -0.15) is 0 Å². The van der Waals surface area contributed by atoms with Crippen molar-refractivity contribution in [3.63, 3.8) is 0 Å². The van der Waals surface area contributed by atoms with Crippen molar-refractivity contribution >= 4 is 23.9 Å². The highest BCUT2D eigenvalue weighted by Crippen LogP contribution is 2.23. The molecule has 2 rings (SSSR count). The topological polar surface area (TPSA) is 81.7 Å². The van der Waals surface area contributed by atoms with Crippen molar-refractivity contribution < 1.29 is 23.9 Å². The monoisotopic (exact) mass is 369 g/mol. The Labute approximate surface area is 158 Å². The largest absolute Gasteiger partial charge is 0.482 e. The van der Waals surface area contributed by atoms with Crippen LogP contribution in [0, 0.1) is 0 Å². The molecule has 27 heavy (non-hydrogen) atoms. The lowest BCUT2D eigenvalue weighted by atomic mass is 9.87. The first kappa shape index (κ1) is 20.2. The van der Waals surface area contributed by atoms with Gasteiger partial charge in [0.1, 0.15) is 12.0 Å². The molecule has 0 aromatic heterocycles. The number of esters is 1. The van der Waals surface area contributed by atoms with E-state index in [2.05, 4.69) is 26.1 Å². The van der Waals surface area contributed by atoms with Gasteiger partial charge in [-0.15, -0.1) is 0 Å². The number of rotatable bonds is 7. The SMILES string of the molecule is CC(C)(C)c1ccc(NC(=O)COC(=O)COc2ccc(C=O)cc2)cc1. The molecule has 1 N–H and O–H groups in total. The van der Waals surface area contributed by atoms with E-state index in [0.29, 0.717) is 23.3 Å². The Kier molecular flexibility index (Phi) is 6.71. The minimum absolute atomic E-state index is 0.0334. The average Bonchev–Trinajstić information content (AvgIpc) is 2.65. The summed E-state index contributed by atoms with van der Waals surface area (Å²) in [7, 11) is 0. The van der Waals surface area contributed by atoms with Gasteiger partial charge in [0.2, 0.25) is 0 Å². The maximum atomic E-state index is 11.9. The highest BCUT2D eigenvalue weighted by Gasteiger charge is 2.13. The van der Waals surface area contributed by atoms with E-state index in [1.165, 1.54) is 0 Å². The maximum absolute atomic E-state index is 11.9. The molecule has 2 aromatic carbocycles. The molecule has 1 amide bonds. The van der Waals surface area contributed by atoms with Gasteiger partial charge >= 0.3 is 5.97 Å². The Morgan fingerprint density at radius 2 is 1.59 bits per heavy atom. The summed E-state index contributed by atoms with van der Waals surface area (Å²) in [5.41, 5.74) is 2.34. The number of aldehydes is 1. The Morgan fingerprint density at radius 3 is 2.15 bits per heavy atom. The molecule has 0 fully saturated rings. The molecule has 142 valence electrons. The summed E-state index contributed by atoms with van der Waals surface area (Å²) in [6.45, 7) is 5.61. The predicted molar refractivity (Wildman–Crippen MR) is 102 cm³/mol. The third-order valence-electron chi connectivity index (χ3n) is 3.77. The number of hydrogen-bond donors (Lipinski definition) is 1. The normalized spacial score (nSPS) is 10.8. The van der Waals surface area contributed by atoms with Gasteiger partial charge in [-0.05, 0) is 47.4 Å². The zero-order valence-electron chi connectivity index (χ0n) is 15.7. The average molecular weight is 369 g/mol. The Balaban J connectivity index is 1.74. The van der Waals surface area contributed by atoms with E-state index in [9.17, 15) is 14.4 Å². The van der Waals surface area contributed by atoms with Gasteiger partial charge in [0.05, 0.1) is 0 Å². The number of amides is 1. The van der Waals surface area contributed by atoms with E-state index in [4.69, 9.17) is 9.47 Å². The lowest BCUT2D eigenvalue weighted by molar-refractivity contribution is -0.149. The number of carbonyl (C=O) groups excluding carboxylic acids is 3. The molecule has 0 atom stereocenters. The van der Waals surface area contributed by atoms with E-state index in [0.717, 1.165) is 5.56 Å². The molecule has 0 aliphatic rings. The molecule has 0 bridgehead atoms. The zero-order valence-corrected chi connectivity index (χ0v) is 15.7. The quantitative estimate of drug-likeness (QED) is 0.598. The summed E-state index contributed by atoms with van der Waals surface area (Å²) in [6, 6.07) is 13.8. The third kappa shape index (κ3) is 6.58. The molecule has 6 nitrogen and oxygen atoms in total. The summed E-state index contributed by atoms with van der Waals surface area (Å²) >= 11 is 0. The van der Waals surface area contributed by atoms with Crippen LogP contribution in [0.15, 0.2) is 48.5 Å². The van der Waals surface area contributed by atoms with Crippen LogP contribution in [0.25, 0.3) is 0 Å². The first-order chi connectivity index (χ1) is 12.8. The van der Waals surface area contributed by atoms with Crippen LogP contribution in [-0.4, -0.2) is 31.4 Å². The number of hydrogen-bond acceptors (Lipinski definition) is 5. The van der Waals surface area contributed by atoms with Crippen molar-refractivity contribution in [2.45, 2.75) is 26.2 Å². The van der Waals surface area contributed by atoms with Crippen LogP contribution in [0.3, 0.4) is 0 Å². The van der Waals surface area contributed by atoms with E-state index >= 15 is 0 Å². The molecule has 0 radical (unpaired) electrons. The summed E-state index contributed by atoms with van der Waals surface area (Å²) in [6.07, 6.45) is 0.716.